The van der Waals surface area contributed by atoms with Gasteiger partial charge in [-0.15, -0.1) is 0 Å². The summed E-state index contributed by atoms with van der Waals surface area (Å²) in [5, 5.41) is 0. The smallest absolute Gasteiger partial charge is 0.363 e. The first-order valence-corrected chi connectivity index (χ1v) is 8.34. The molecule has 2 aromatic rings. The third-order valence-electron chi connectivity index (χ3n) is 4.02. The van der Waals surface area contributed by atoms with Crippen molar-refractivity contribution in [2.45, 2.75) is 33.1 Å². The average molecular weight is 319 g/mol. The quantitative estimate of drug-likeness (QED) is 0.593. The van der Waals surface area contributed by atoms with E-state index in [-0.39, 0.29) is 0 Å². The van der Waals surface area contributed by atoms with E-state index in [4.69, 9.17) is 4.74 Å². The van der Waals surface area contributed by atoms with E-state index >= 15 is 0 Å². The summed E-state index contributed by atoms with van der Waals surface area (Å²) in [5.41, 5.74) is 4.58. The third-order valence-corrected chi connectivity index (χ3v) is 4.02. The van der Waals surface area contributed by atoms with E-state index in [1.807, 2.05) is 43.3 Å². The van der Waals surface area contributed by atoms with Gasteiger partial charge in [-0.1, -0.05) is 55.3 Å². The Hall–Kier alpha value is -2.68. The van der Waals surface area contributed by atoms with Crippen molar-refractivity contribution in [2.75, 3.05) is 0 Å². The maximum absolute atomic E-state index is 12.0. The Labute approximate surface area is 142 Å². The predicted octanol–water partition coefficient (Wildman–Crippen LogP) is 4.68. The van der Waals surface area contributed by atoms with E-state index in [1.165, 1.54) is 24.0 Å². The largest absolute Gasteiger partial charge is 0.402 e. The SMILES string of the molecule is CCCCc1ccc(C2=NC(=Cc3ccc(C)cc3)C(=O)O2)cc1. The molecule has 2 aromatic carbocycles. The molecular formula is C21H21NO2. The molecule has 0 saturated carbocycles. The Morgan fingerprint density at radius 2 is 1.75 bits per heavy atom. The van der Waals surface area contributed by atoms with Crippen LogP contribution in [0.5, 0.6) is 0 Å². The van der Waals surface area contributed by atoms with Crippen molar-refractivity contribution in [1.82, 2.24) is 0 Å². The Kier molecular flexibility index (Phi) is 4.90. The number of carbonyl (C=O) groups is 1. The van der Waals surface area contributed by atoms with Crippen LogP contribution < -0.4 is 0 Å². The number of benzene rings is 2. The van der Waals surface area contributed by atoms with Gasteiger partial charge in [0, 0.05) is 5.56 Å². The Morgan fingerprint density at radius 3 is 2.42 bits per heavy atom. The fourth-order valence-electron chi connectivity index (χ4n) is 2.55. The summed E-state index contributed by atoms with van der Waals surface area (Å²) in [6.07, 6.45) is 5.18. The second-order valence-corrected chi connectivity index (χ2v) is 6.05. The van der Waals surface area contributed by atoms with Crippen molar-refractivity contribution in [3.05, 3.63) is 76.5 Å². The molecule has 122 valence electrons. The van der Waals surface area contributed by atoms with Crippen molar-refractivity contribution >= 4 is 17.9 Å². The highest BCUT2D eigenvalue weighted by molar-refractivity contribution is 6.12. The van der Waals surface area contributed by atoms with Gasteiger partial charge < -0.3 is 4.74 Å². The number of rotatable bonds is 5. The molecule has 3 rings (SSSR count). The zero-order valence-corrected chi connectivity index (χ0v) is 14.1. The van der Waals surface area contributed by atoms with Crippen molar-refractivity contribution in [2.24, 2.45) is 4.99 Å². The maximum Gasteiger partial charge on any atom is 0.363 e. The number of esters is 1. The fourth-order valence-corrected chi connectivity index (χ4v) is 2.55. The lowest BCUT2D eigenvalue weighted by atomic mass is 10.1. The number of aryl methyl sites for hydroxylation is 2. The highest BCUT2D eigenvalue weighted by atomic mass is 16.6. The molecule has 0 bridgehead atoms. The first-order valence-electron chi connectivity index (χ1n) is 8.34. The minimum absolute atomic E-state index is 0.337. The summed E-state index contributed by atoms with van der Waals surface area (Å²) in [7, 11) is 0. The van der Waals surface area contributed by atoms with E-state index in [2.05, 4.69) is 24.0 Å². The third kappa shape index (κ3) is 3.80. The normalized spacial score (nSPS) is 15.5. The number of hydrogen-bond donors (Lipinski definition) is 0. The van der Waals surface area contributed by atoms with Crippen LogP contribution in [0, 0.1) is 6.92 Å². The van der Waals surface area contributed by atoms with E-state index in [1.54, 1.807) is 6.08 Å². The molecule has 0 saturated heterocycles. The first-order chi connectivity index (χ1) is 11.7. The minimum atomic E-state index is -0.402. The molecule has 1 heterocycles. The van der Waals surface area contributed by atoms with Gasteiger partial charge in [-0.3, -0.25) is 0 Å². The lowest BCUT2D eigenvalue weighted by Crippen LogP contribution is -2.05. The molecule has 0 N–H and O–H groups in total. The lowest BCUT2D eigenvalue weighted by Gasteiger charge is -2.02. The maximum atomic E-state index is 12.0. The number of nitrogens with zero attached hydrogens (tertiary/aromatic N) is 1. The van der Waals surface area contributed by atoms with Crippen LogP contribution in [0.1, 0.15) is 42.0 Å². The molecule has 0 radical (unpaired) electrons. The van der Waals surface area contributed by atoms with E-state index in [0.29, 0.717) is 11.6 Å². The average Bonchev–Trinajstić information content (AvgIpc) is 2.96. The minimum Gasteiger partial charge on any atom is -0.402 e. The van der Waals surface area contributed by atoms with Crippen LogP contribution in [0.2, 0.25) is 0 Å². The molecule has 3 nitrogen and oxygen atoms in total. The number of hydrogen-bond acceptors (Lipinski definition) is 3. The van der Waals surface area contributed by atoms with E-state index in [9.17, 15) is 4.79 Å². The summed E-state index contributed by atoms with van der Waals surface area (Å²) < 4.78 is 5.32. The van der Waals surface area contributed by atoms with Gasteiger partial charge in [-0.2, -0.15) is 0 Å². The molecule has 0 aliphatic carbocycles. The summed E-state index contributed by atoms with van der Waals surface area (Å²) >= 11 is 0. The zero-order chi connectivity index (χ0) is 16.9. The van der Waals surface area contributed by atoms with Crippen LogP contribution in [-0.2, 0) is 16.0 Å². The van der Waals surface area contributed by atoms with Crippen molar-refractivity contribution in [1.29, 1.82) is 0 Å². The first kappa shape index (κ1) is 16.2. The van der Waals surface area contributed by atoms with Crippen LogP contribution >= 0.6 is 0 Å². The van der Waals surface area contributed by atoms with Gasteiger partial charge in [-0.05, 0) is 49.1 Å². The van der Waals surface area contributed by atoms with Crippen LogP contribution in [0.15, 0.2) is 59.2 Å². The van der Waals surface area contributed by atoms with E-state index in [0.717, 1.165) is 17.5 Å². The number of cyclic esters (lactones) is 1. The second-order valence-electron chi connectivity index (χ2n) is 6.05. The van der Waals surface area contributed by atoms with Crippen LogP contribution in [0.25, 0.3) is 6.08 Å². The molecule has 0 fully saturated rings. The number of aliphatic imine (C=N–C) groups is 1. The standard InChI is InChI=1S/C21H21NO2/c1-3-4-5-16-10-12-18(13-11-16)20-22-19(21(23)24-20)14-17-8-6-15(2)7-9-17/h6-14H,3-5H2,1-2H3. The van der Waals surface area contributed by atoms with Gasteiger partial charge in [0.1, 0.15) is 0 Å². The molecule has 0 atom stereocenters. The van der Waals surface area contributed by atoms with Crippen molar-refractivity contribution < 1.29 is 9.53 Å². The molecule has 0 amide bonds. The molecule has 0 spiro atoms. The summed E-state index contributed by atoms with van der Waals surface area (Å²) in [4.78, 5) is 16.4. The predicted molar refractivity (Wildman–Crippen MR) is 96.8 cm³/mol. The molecular weight excluding hydrogens is 298 g/mol. The molecule has 0 aromatic heterocycles. The molecule has 0 unspecified atom stereocenters. The number of unbranched alkanes of at least 4 members (excludes halogenated alkanes) is 1. The van der Waals surface area contributed by atoms with E-state index < -0.39 is 5.97 Å². The van der Waals surface area contributed by atoms with Gasteiger partial charge in [-0.25, -0.2) is 9.79 Å². The van der Waals surface area contributed by atoms with Gasteiger partial charge >= 0.3 is 5.97 Å². The summed E-state index contributed by atoms with van der Waals surface area (Å²) in [5.74, 6) is -0.0268. The number of ether oxygens (including phenoxy) is 1. The molecule has 3 heteroatoms. The Balaban J connectivity index is 1.79. The van der Waals surface area contributed by atoms with Crippen LogP contribution in [0.3, 0.4) is 0 Å². The fraction of sp³-hybridized carbons (Fsp3) is 0.238. The zero-order valence-electron chi connectivity index (χ0n) is 14.1. The molecule has 1 aliphatic rings. The molecule has 24 heavy (non-hydrogen) atoms. The van der Waals surface area contributed by atoms with Gasteiger partial charge in [0.2, 0.25) is 5.90 Å². The van der Waals surface area contributed by atoms with Crippen molar-refractivity contribution in [3.8, 4) is 0 Å². The second kappa shape index (κ2) is 7.26. The number of carbonyl (C=O) groups excluding carboxylic acids is 1. The van der Waals surface area contributed by atoms with Crippen LogP contribution in [0.4, 0.5) is 0 Å². The van der Waals surface area contributed by atoms with Gasteiger partial charge in [0.25, 0.3) is 0 Å². The topological polar surface area (TPSA) is 38.7 Å². The van der Waals surface area contributed by atoms with Crippen molar-refractivity contribution in [3.63, 3.8) is 0 Å². The molecule has 1 aliphatic heterocycles. The lowest BCUT2D eigenvalue weighted by molar-refractivity contribution is -0.129. The Bertz CT molecular complexity index is 784. The summed E-state index contributed by atoms with van der Waals surface area (Å²) in [6, 6.07) is 16.0. The van der Waals surface area contributed by atoms with Gasteiger partial charge in [0.15, 0.2) is 5.70 Å². The highest BCUT2D eigenvalue weighted by Crippen LogP contribution is 2.20. The van der Waals surface area contributed by atoms with Crippen LogP contribution in [-0.4, -0.2) is 11.9 Å². The summed E-state index contributed by atoms with van der Waals surface area (Å²) in [6.45, 7) is 4.21. The monoisotopic (exact) mass is 319 g/mol. The van der Waals surface area contributed by atoms with Gasteiger partial charge in [0.05, 0.1) is 0 Å². The Morgan fingerprint density at radius 1 is 1.04 bits per heavy atom. The highest BCUT2D eigenvalue weighted by Gasteiger charge is 2.23.